The van der Waals surface area contributed by atoms with Gasteiger partial charge in [0.25, 0.3) is 0 Å². The molecule has 0 fully saturated rings. The summed E-state index contributed by atoms with van der Waals surface area (Å²) in [6, 6.07) is 33.5. The van der Waals surface area contributed by atoms with Gasteiger partial charge in [-0.05, 0) is 0 Å². The van der Waals surface area contributed by atoms with Crippen LogP contribution in [0.3, 0.4) is 0 Å². The summed E-state index contributed by atoms with van der Waals surface area (Å²) in [6.07, 6.45) is 2.30. The van der Waals surface area contributed by atoms with Gasteiger partial charge in [0.2, 0.25) is 0 Å². The summed E-state index contributed by atoms with van der Waals surface area (Å²) >= 11 is -3.56. The summed E-state index contributed by atoms with van der Waals surface area (Å²) in [5.41, 5.74) is 0. The van der Waals surface area contributed by atoms with Crippen LogP contribution in [0.25, 0.3) is 0 Å². The van der Waals surface area contributed by atoms with Crippen molar-refractivity contribution >= 4 is 37.4 Å². The molecule has 0 amide bonds. The third kappa shape index (κ3) is 4.83. The van der Waals surface area contributed by atoms with E-state index in [1.807, 2.05) is 0 Å². The van der Waals surface area contributed by atoms with E-state index in [4.69, 9.17) is 4.43 Å². The molecule has 0 saturated carbocycles. The minimum atomic E-state index is -3.56. The normalized spacial score (nSPS) is 14.6. The molecule has 0 aromatic heterocycles. The van der Waals surface area contributed by atoms with E-state index >= 15 is 0 Å². The van der Waals surface area contributed by atoms with Crippen molar-refractivity contribution in [1.82, 2.24) is 0 Å². The second kappa shape index (κ2) is 10.1. The van der Waals surface area contributed by atoms with Gasteiger partial charge in [-0.15, -0.1) is 0 Å². The van der Waals surface area contributed by atoms with Gasteiger partial charge >= 0.3 is 201 Å². The third-order valence-electron chi connectivity index (χ3n) is 7.23. The third-order valence-corrected chi connectivity index (χ3v) is 27.3. The SMILES string of the molecule is C=C[C@H]([C@H](C)O[Si](C)(C)C(C)(C)C)[Sn]([c]1ccccc1)([c]1ccccc1)[c]1ccccc1. The molecule has 3 heteroatoms. The van der Waals surface area contributed by atoms with E-state index in [1.54, 1.807) is 0 Å². The van der Waals surface area contributed by atoms with Gasteiger partial charge in [0, 0.05) is 0 Å². The fraction of sp³-hybridized carbons (Fsp3) is 0.310. The van der Waals surface area contributed by atoms with Crippen LogP contribution in [0.2, 0.25) is 22.1 Å². The summed E-state index contributed by atoms with van der Waals surface area (Å²) in [4.78, 5) is 0. The van der Waals surface area contributed by atoms with Gasteiger partial charge in [0.1, 0.15) is 0 Å². The van der Waals surface area contributed by atoms with Crippen LogP contribution in [-0.2, 0) is 4.43 Å². The Morgan fingerprint density at radius 2 is 1.09 bits per heavy atom. The maximum atomic E-state index is 7.05. The van der Waals surface area contributed by atoms with Crippen molar-refractivity contribution in [3.63, 3.8) is 0 Å². The topological polar surface area (TPSA) is 9.23 Å². The molecule has 0 heterocycles. The molecule has 0 bridgehead atoms. The van der Waals surface area contributed by atoms with Gasteiger partial charge in [0.15, 0.2) is 0 Å². The Kier molecular flexibility index (Phi) is 7.90. The summed E-state index contributed by atoms with van der Waals surface area (Å²) in [5.74, 6) is 0. The monoisotopic (exact) mass is 550 g/mol. The van der Waals surface area contributed by atoms with Crippen molar-refractivity contribution < 1.29 is 4.43 Å². The Labute approximate surface area is 200 Å². The quantitative estimate of drug-likeness (QED) is 0.243. The molecule has 0 aliphatic carbocycles. The van der Waals surface area contributed by atoms with Crippen molar-refractivity contribution in [3.05, 3.63) is 104 Å². The molecule has 0 unspecified atom stereocenters. The predicted molar refractivity (Wildman–Crippen MR) is 146 cm³/mol. The molecule has 168 valence electrons. The molecular weight excluding hydrogens is 511 g/mol. The van der Waals surface area contributed by atoms with Crippen molar-refractivity contribution in [2.75, 3.05) is 0 Å². The van der Waals surface area contributed by atoms with Crippen LogP contribution in [0.4, 0.5) is 0 Å². The van der Waals surface area contributed by atoms with Gasteiger partial charge in [-0.2, -0.15) is 0 Å². The Balaban J connectivity index is 2.29. The van der Waals surface area contributed by atoms with E-state index in [0.717, 1.165) is 0 Å². The number of hydrogen-bond acceptors (Lipinski definition) is 1. The molecule has 0 aliphatic rings. The first-order valence-corrected chi connectivity index (χ1v) is 20.5. The van der Waals surface area contributed by atoms with Crippen molar-refractivity contribution in [2.24, 2.45) is 0 Å². The predicted octanol–water partition coefficient (Wildman–Crippen LogP) is 6.12. The summed E-state index contributed by atoms with van der Waals surface area (Å²) < 4.78 is 11.7. The molecule has 0 spiro atoms. The molecule has 0 aliphatic heterocycles. The van der Waals surface area contributed by atoms with Crippen LogP contribution in [0.1, 0.15) is 27.7 Å². The van der Waals surface area contributed by atoms with E-state index in [-0.39, 0.29) is 15.1 Å². The Morgan fingerprint density at radius 1 is 0.750 bits per heavy atom. The van der Waals surface area contributed by atoms with Gasteiger partial charge in [-0.1, -0.05) is 0 Å². The zero-order valence-electron chi connectivity index (χ0n) is 20.5. The second-order valence-electron chi connectivity index (χ2n) is 10.3. The molecule has 2 atom stereocenters. The van der Waals surface area contributed by atoms with E-state index in [2.05, 4.69) is 144 Å². The first-order chi connectivity index (χ1) is 15.1. The van der Waals surface area contributed by atoms with E-state index in [9.17, 15) is 0 Å². The molecule has 0 N–H and O–H groups in total. The van der Waals surface area contributed by atoms with Crippen molar-refractivity contribution in [2.45, 2.75) is 55.9 Å². The average Bonchev–Trinajstić information content (AvgIpc) is 2.78. The molecular formula is C29H38OSiSn. The van der Waals surface area contributed by atoms with Gasteiger partial charge < -0.3 is 0 Å². The number of rotatable bonds is 8. The van der Waals surface area contributed by atoms with Crippen molar-refractivity contribution in [1.29, 1.82) is 0 Å². The molecule has 32 heavy (non-hydrogen) atoms. The zero-order valence-corrected chi connectivity index (χ0v) is 24.4. The van der Waals surface area contributed by atoms with E-state index in [1.165, 1.54) is 10.7 Å². The van der Waals surface area contributed by atoms with Gasteiger partial charge in [-0.3, -0.25) is 0 Å². The van der Waals surface area contributed by atoms with Crippen LogP contribution in [0, 0.1) is 0 Å². The Bertz CT molecular complexity index is 897. The molecule has 0 radical (unpaired) electrons. The van der Waals surface area contributed by atoms with Crippen LogP contribution >= 0.6 is 0 Å². The fourth-order valence-electron chi connectivity index (χ4n) is 4.62. The summed E-state index contributed by atoms with van der Waals surface area (Å²) in [6.45, 7) is 18.4. The Morgan fingerprint density at radius 3 is 1.38 bits per heavy atom. The maximum absolute atomic E-state index is 7.05. The molecule has 3 aromatic carbocycles. The first kappa shape index (κ1) is 25.0. The van der Waals surface area contributed by atoms with Crippen LogP contribution < -0.4 is 10.7 Å². The Hall–Kier alpha value is -1.62. The summed E-state index contributed by atoms with van der Waals surface area (Å²) in [5, 5.41) is 0.164. The number of benzene rings is 3. The standard InChI is InChI=1S/C11H23OSi.3C6H5.Sn/c1-8-9-10(2)12-13(6,7)11(3,4)5;3*1-2-4-6-5-3-1;/h8-10H,1H2,2-7H3;3*1-5H;/t10-;;;;/m0..../s1. The van der Waals surface area contributed by atoms with Crippen LogP contribution in [0.15, 0.2) is 104 Å². The van der Waals surface area contributed by atoms with Gasteiger partial charge in [-0.25, -0.2) is 0 Å². The fourth-order valence-corrected chi connectivity index (χ4v) is 21.9. The molecule has 1 nitrogen and oxygen atoms in total. The molecule has 3 aromatic rings. The first-order valence-electron chi connectivity index (χ1n) is 11.6. The zero-order chi connectivity index (χ0) is 23.4. The molecule has 3 rings (SSSR count). The van der Waals surface area contributed by atoms with Crippen molar-refractivity contribution in [3.8, 4) is 0 Å². The summed E-state index contributed by atoms with van der Waals surface area (Å²) in [7, 11) is -1.94. The second-order valence-corrected chi connectivity index (χ2v) is 26.5. The van der Waals surface area contributed by atoms with E-state index in [0.29, 0.717) is 0 Å². The van der Waals surface area contributed by atoms with E-state index < -0.39 is 26.7 Å². The molecule has 0 saturated heterocycles. The average molecular weight is 549 g/mol. The van der Waals surface area contributed by atoms with Gasteiger partial charge in [0.05, 0.1) is 0 Å². The van der Waals surface area contributed by atoms with Crippen LogP contribution in [-0.4, -0.2) is 32.8 Å². The number of hydrogen-bond donors (Lipinski definition) is 0. The van der Waals surface area contributed by atoms with Crippen LogP contribution in [0.5, 0.6) is 0 Å². The minimum absolute atomic E-state index is 0.0878.